The predicted octanol–water partition coefficient (Wildman–Crippen LogP) is 4.00. The Morgan fingerprint density at radius 1 is 1.40 bits per heavy atom. The molecule has 106 valence electrons. The lowest BCUT2D eigenvalue weighted by molar-refractivity contribution is -0.138. The fourth-order valence-electron chi connectivity index (χ4n) is 1.98. The van der Waals surface area contributed by atoms with Crippen molar-refractivity contribution in [2.24, 2.45) is 0 Å². The number of carboxylic acids is 1. The Morgan fingerprint density at radius 3 is 2.70 bits per heavy atom. The van der Waals surface area contributed by atoms with Gasteiger partial charge in [-0.25, -0.2) is 9.18 Å². The topological polar surface area (TPSA) is 49.3 Å². The third-order valence-corrected chi connectivity index (χ3v) is 4.21. The number of aliphatic carboxylic acids is 1. The van der Waals surface area contributed by atoms with E-state index in [-0.39, 0.29) is 5.82 Å². The van der Waals surface area contributed by atoms with Crippen molar-refractivity contribution in [3.63, 3.8) is 0 Å². The van der Waals surface area contributed by atoms with Gasteiger partial charge in [-0.15, -0.1) is 11.3 Å². The summed E-state index contributed by atoms with van der Waals surface area (Å²) in [6, 6.07) is 7.31. The summed E-state index contributed by atoms with van der Waals surface area (Å²) in [5.74, 6) is -1.35. The van der Waals surface area contributed by atoms with Crippen molar-refractivity contribution in [3.05, 3.63) is 51.5 Å². The highest BCUT2D eigenvalue weighted by atomic mass is 32.1. The molecule has 3 nitrogen and oxygen atoms in total. The van der Waals surface area contributed by atoms with Crippen LogP contribution in [0.25, 0.3) is 0 Å². The molecule has 1 unspecified atom stereocenters. The van der Waals surface area contributed by atoms with E-state index in [1.807, 2.05) is 13.0 Å². The summed E-state index contributed by atoms with van der Waals surface area (Å²) in [6.07, 6.45) is 0.871. The number of carbonyl (C=O) groups is 1. The van der Waals surface area contributed by atoms with Gasteiger partial charge in [0.1, 0.15) is 5.82 Å². The number of halogens is 1. The third kappa shape index (κ3) is 3.36. The average molecular weight is 293 g/mol. The summed E-state index contributed by atoms with van der Waals surface area (Å²) in [5, 5.41) is 12.2. The van der Waals surface area contributed by atoms with Gasteiger partial charge in [0.15, 0.2) is 6.04 Å². The van der Waals surface area contributed by atoms with Crippen LogP contribution in [0.5, 0.6) is 0 Å². The van der Waals surface area contributed by atoms with Crippen LogP contribution < -0.4 is 5.32 Å². The predicted molar refractivity (Wildman–Crippen MR) is 78.8 cm³/mol. The normalized spacial score (nSPS) is 12.2. The maximum absolute atomic E-state index is 13.4. The van der Waals surface area contributed by atoms with Crippen LogP contribution >= 0.6 is 11.3 Å². The Labute approximate surface area is 121 Å². The van der Waals surface area contributed by atoms with Crippen LogP contribution in [-0.4, -0.2) is 11.1 Å². The molecule has 1 aromatic heterocycles. The van der Waals surface area contributed by atoms with Gasteiger partial charge < -0.3 is 10.4 Å². The number of thiophene rings is 1. The molecule has 0 aliphatic heterocycles. The lowest BCUT2D eigenvalue weighted by Crippen LogP contribution is -2.19. The summed E-state index contributed by atoms with van der Waals surface area (Å²) in [5.41, 5.74) is 1.22. The zero-order valence-corrected chi connectivity index (χ0v) is 12.1. The monoisotopic (exact) mass is 293 g/mol. The number of nitrogens with one attached hydrogen (secondary N) is 1. The molecule has 0 amide bonds. The quantitative estimate of drug-likeness (QED) is 0.876. The van der Waals surface area contributed by atoms with E-state index in [4.69, 9.17) is 0 Å². The minimum atomic E-state index is -0.976. The average Bonchev–Trinajstić information content (AvgIpc) is 2.82. The van der Waals surface area contributed by atoms with Crippen LogP contribution in [-0.2, 0) is 11.2 Å². The largest absolute Gasteiger partial charge is 0.479 e. The van der Waals surface area contributed by atoms with Crippen molar-refractivity contribution < 1.29 is 14.3 Å². The first-order valence-corrected chi connectivity index (χ1v) is 7.16. The number of benzene rings is 1. The highest BCUT2D eigenvalue weighted by molar-refractivity contribution is 7.12. The molecule has 0 bridgehead atoms. The van der Waals surface area contributed by atoms with E-state index in [9.17, 15) is 14.3 Å². The zero-order chi connectivity index (χ0) is 14.7. The molecule has 0 fully saturated rings. The van der Waals surface area contributed by atoms with Crippen molar-refractivity contribution in [3.8, 4) is 0 Å². The molecule has 0 aliphatic rings. The van der Waals surface area contributed by atoms with E-state index in [0.29, 0.717) is 5.69 Å². The highest BCUT2D eigenvalue weighted by Crippen LogP contribution is 2.27. The maximum atomic E-state index is 13.4. The maximum Gasteiger partial charge on any atom is 0.331 e. The number of aryl methyl sites for hydroxylation is 2. The fraction of sp³-hybridized carbons (Fsp3) is 0.267. The molecule has 1 atom stereocenters. The van der Waals surface area contributed by atoms with Crippen molar-refractivity contribution in [1.82, 2.24) is 0 Å². The van der Waals surface area contributed by atoms with Crippen LogP contribution in [0, 0.1) is 12.7 Å². The van der Waals surface area contributed by atoms with E-state index in [1.165, 1.54) is 23.5 Å². The van der Waals surface area contributed by atoms with Gasteiger partial charge in [0.05, 0.1) is 0 Å². The molecule has 0 saturated heterocycles. The summed E-state index contributed by atoms with van der Waals surface area (Å²) >= 11 is 1.46. The minimum absolute atomic E-state index is 0.378. The molecule has 2 rings (SSSR count). The second kappa shape index (κ2) is 6.05. The van der Waals surface area contributed by atoms with E-state index >= 15 is 0 Å². The molecule has 20 heavy (non-hydrogen) atoms. The smallest absolute Gasteiger partial charge is 0.331 e. The van der Waals surface area contributed by atoms with E-state index in [2.05, 4.69) is 5.32 Å². The second-order valence-corrected chi connectivity index (χ2v) is 5.79. The molecule has 0 aliphatic carbocycles. The molecule has 5 heteroatoms. The number of anilines is 1. The second-order valence-electron chi connectivity index (χ2n) is 4.59. The van der Waals surface area contributed by atoms with Crippen LogP contribution in [0.3, 0.4) is 0 Å². The SMILES string of the molecule is CCc1ccc(C(Nc2cc(C)cc(F)c2)C(=O)O)s1. The van der Waals surface area contributed by atoms with Crippen molar-refractivity contribution in [2.45, 2.75) is 26.3 Å². The molecular weight excluding hydrogens is 277 g/mol. The molecule has 0 spiro atoms. The van der Waals surface area contributed by atoms with E-state index in [0.717, 1.165) is 21.7 Å². The molecule has 0 saturated carbocycles. The van der Waals surface area contributed by atoms with Gasteiger partial charge in [-0.2, -0.15) is 0 Å². The van der Waals surface area contributed by atoms with Crippen LogP contribution in [0.2, 0.25) is 0 Å². The molecule has 1 aromatic carbocycles. The fourth-order valence-corrected chi connectivity index (χ4v) is 2.98. The Bertz CT molecular complexity index is 604. The Kier molecular flexibility index (Phi) is 4.39. The molecular formula is C15H16FNO2S. The van der Waals surface area contributed by atoms with E-state index < -0.39 is 12.0 Å². The number of carboxylic acid groups (broad SMARTS) is 1. The van der Waals surface area contributed by atoms with Crippen LogP contribution in [0.1, 0.15) is 28.3 Å². The summed E-state index contributed by atoms with van der Waals surface area (Å²) in [7, 11) is 0. The van der Waals surface area contributed by atoms with Crippen molar-refractivity contribution in [2.75, 3.05) is 5.32 Å². The van der Waals surface area contributed by atoms with Gasteiger partial charge in [0.25, 0.3) is 0 Å². The Morgan fingerprint density at radius 2 is 2.15 bits per heavy atom. The van der Waals surface area contributed by atoms with Gasteiger partial charge in [-0.1, -0.05) is 6.92 Å². The van der Waals surface area contributed by atoms with Crippen molar-refractivity contribution in [1.29, 1.82) is 0 Å². The number of hydrogen-bond acceptors (Lipinski definition) is 3. The molecule has 1 heterocycles. The first-order valence-electron chi connectivity index (χ1n) is 6.34. The summed E-state index contributed by atoms with van der Waals surface area (Å²) in [4.78, 5) is 13.3. The number of rotatable bonds is 5. The van der Waals surface area contributed by atoms with Crippen LogP contribution in [0.15, 0.2) is 30.3 Å². The molecule has 2 aromatic rings. The minimum Gasteiger partial charge on any atom is -0.479 e. The van der Waals surface area contributed by atoms with Gasteiger partial charge in [-0.3, -0.25) is 0 Å². The van der Waals surface area contributed by atoms with Gasteiger partial charge >= 0.3 is 5.97 Å². The van der Waals surface area contributed by atoms with E-state index in [1.54, 1.807) is 19.1 Å². The lowest BCUT2D eigenvalue weighted by atomic mass is 10.2. The van der Waals surface area contributed by atoms with Crippen LogP contribution in [0.4, 0.5) is 10.1 Å². The number of hydrogen-bond donors (Lipinski definition) is 2. The van der Waals surface area contributed by atoms with Crippen molar-refractivity contribution >= 4 is 23.0 Å². The Balaban J connectivity index is 2.27. The lowest BCUT2D eigenvalue weighted by Gasteiger charge is -2.15. The zero-order valence-electron chi connectivity index (χ0n) is 11.3. The van der Waals surface area contributed by atoms with Gasteiger partial charge in [0, 0.05) is 15.4 Å². The first-order chi connectivity index (χ1) is 9.49. The third-order valence-electron chi connectivity index (χ3n) is 2.92. The molecule has 2 N–H and O–H groups in total. The summed E-state index contributed by atoms with van der Waals surface area (Å²) in [6.45, 7) is 3.79. The Hall–Kier alpha value is -1.88. The highest BCUT2D eigenvalue weighted by Gasteiger charge is 2.21. The first kappa shape index (κ1) is 14.5. The van der Waals surface area contributed by atoms with Gasteiger partial charge in [0.2, 0.25) is 0 Å². The molecule has 0 radical (unpaired) electrons. The summed E-state index contributed by atoms with van der Waals surface area (Å²) < 4.78 is 13.4. The standard InChI is InChI=1S/C15H16FNO2S/c1-3-12-4-5-13(20-12)14(15(18)19)17-11-7-9(2)6-10(16)8-11/h4-8,14,17H,3H2,1-2H3,(H,18,19). The van der Waals surface area contributed by atoms with Gasteiger partial charge in [-0.05, 0) is 49.2 Å².